The summed E-state index contributed by atoms with van der Waals surface area (Å²) in [7, 11) is 3.71. The van der Waals surface area contributed by atoms with Crippen molar-refractivity contribution >= 4 is 34.4 Å². The summed E-state index contributed by atoms with van der Waals surface area (Å²) in [5.41, 5.74) is 3.11. The average molecular weight is 482 g/mol. The zero-order valence-corrected chi connectivity index (χ0v) is 20.2. The molecule has 0 aliphatic carbocycles. The van der Waals surface area contributed by atoms with Crippen molar-refractivity contribution in [3.05, 3.63) is 35.7 Å². The van der Waals surface area contributed by atoms with Crippen LogP contribution in [0, 0.1) is 18.3 Å². The fourth-order valence-corrected chi connectivity index (χ4v) is 4.28. The van der Waals surface area contributed by atoms with Crippen molar-refractivity contribution in [2.75, 3.05) is 58.1 Å². The number of rotatable bonds is 8. The van der Waals surface area contributed by atoms with Crippen LogP contribution in [0.15, 0.2) is 29.6 Å². The summed E-state index contributed by atoms with van der Waals surface area (Å²) in [6.45, 7) is 6.18. The Morgan fingerprint density at radius 3 is 2.82 bits per heavy atom. The van der Waals surface area contributed by atoms with Crippen molar-refractivity contribution in [1.29, 1.82) is 5.26 Å². The van der Waals surface area contributed by atoms with Crippen LogP contribution in [0.4, 0.5) is 5.69 Å². The minimum atomic E-state index is -0.173. The highest BCUT2D eigenvalue weighted by Gasteiger charge is 2.16. The number of hydrogen-bond acceptors (Lipinski definition) is 9. The molecule has 0 unspecified atom stereocenters. The molecule has 1 aliphatic heterocycles. The number of piperazine rings is 1. The minimum absolute atomic E-state index is 0.168. The Morgan fingerprint density at radius 2 is 2.09 bits per heavy atom. The van der Waals surface area contributed by atoms with Crippen LogP contribution < -0.4 is 14.8 Å². The van der Waals surface area contributed by atoms with Crippen LogP contribution in [0.2, 0.25) is 0 Å². The van der Waals surface area contributed by atoms with Crippen LogP contribution >= 0.6 is 11.8 Å². The van der Waals surface area contributed by atoms with Gasteiger partial charge in [-0.15, -0.1) is 0 Å². The minimum Gasteiger partial charge on any atom is -0.493 e. The molecule has 178 valence electrons. The number of likely N-dealkylation sites (N-methyl/N-ethyl adjacent to an activating group) is 1. The first-order valence-electron chi connectivity index (χ1n) is 10.9. The van der Waals surface area contributed by atoms with Gasteiger partial charge >= 0.3 is 0 Å². The number of hydrogen-bond donors (Lipinski definition) is 2. The van der Waals surface area contributed by atoms with Gasteiger partial charge in [0, 0.05) is 43.5 Å². The van der Waals surface area contributed by atoms with Gasteiger partial charge < -0.3 is 24.7 Å². The lowest BCUT2D eigenvalue weighted by Crippen LogP contribution is -2.45. The number of anilines is 1. The van der Waals surface area contributed by atoms with E-state index in [1.807, 2.05) is 6.92 Å². The summed E-state index contributed by atoms with van der Waals surface area (Å²) >= 11 is 1.28. The Bertz CT molecular complexity index is 1220. The molecule has 34 heavy (non-hydrogen) atoms. The van der Waals surface area contributed by atoms with Crippen molar-refractivity contribution in [1.82, 2.24) is 24.8 Å². The number of pyridine rings is 1. The highest BCUT2D eigenvalue weighted by molar-refractivity contribution is 7.99. The van der Waals surface area contributed by atoms with Crippen LogP contribution in [-0.2, 0) is 4.79 Å². The Kier molecular flexibility index (Phi) is 7.52. The molecule has 3 aromatic rings. The van der Waals surface area contributed by atoms with E-state index in [9.17, 15) is 4.79 Å². The van der Waals surface area contributed by atoms with Gasteiger partial charge in [0.1, 0.15) is 18.5 Å². The van der Waals surface area contributed by atoms with E-state index in [1.54, 1.807) is 31.5 Å². The fourth-order valence-electron chi connectivity index (χ4n) is 3.60. The van der Waals surface area contributed by atoms with Crippen LogP contribution in [-0.4, -0.2) is 83.5 Å². The van der Waals surface area contributed by atoms with Gasteiger partial charge in [-0.3, -0.25) is 9.69 Å². The SMILES string of the molecule is COc1ccc(NC(=O)CSc2nc3c(C)c(C#N)ncc3[nH]2)cc1OCN1CCN(C)CC1. The van der Waals surface area contributed by atoms with Crippen molar-refractivity contribution < 1.29 is 14.3 Å². The molecule has 2 aromatic heterocycles. The molecule has 2 N–H and O–H groups in total. The average Bonchev–Trinajstić information content (AvgIpc) is 3.27. The van der Waals surface area contributed by atoms with Gasteiger partial charge in [0.2, 0.25) is 5.91 Å². The van der Waals surface area contributed by atoms with E-state index >= 15 is 0 Å². The highest BCUT2D eigenvalue weighted by Crippen LogP contribution is 2.31. The van der Waals surface area contributed by atoms with Crippen molar-refractivity contribution in [3.8, 4) is 17.6 Å². The van der Waals surface area contributed by atoms with Crippen molar-refractivity contribution in [2.24, 2.45) is 0 Å². The Morgan fingerprint density at radius 1 is 1.29 bits per heavy atom. The summed E-state index contributed by atoms with van der Waals surface area (Å²) < 4.78 is 11.4. The predicted molar refractivity (Wildman–Crippen MR) is 130 cm³/mol. The standard InChI is InChI=1S/C23H27N7O3S/c1-15-17(11-24)25-12-18-22(15)28-23(27-18)34-13-21(31)26-16-4-5-19(32-3)20(10-16)33-14-30-8-6-29(2)7-9-30/h4-5,10,12H,6-9,13-14H2,1-3H3,(H,26,31)(H,27,28). The number of nitriles is 1. The van der Waals surface area contributed by atoms with E-state index < -0.39 is 0 Å². The molecule has 1 saturated heterocycles. The van der Waals surface area contributed by atoms with Crippen LogP contribution in [0.1, 0.15) is 11.3 Å². The highest BCUT2D eigenvalue weighted by atomic mass is 32.2. The van der Waals surface area contributed by atoms with E-state index in [2.05, 4.69) is 43.2 Å². The first-order chi connectivity index (χ1) is 16.5. The van der Waals surface area contributed by atoms with Gasteiger partial charge in [0.05, 0.1) is 30.1 Å². The number of aromatic amines is 1. The smallest absolute Gasteiger partial charge is 0.234 e. The first kappa shape index (κ1) is 23.8. The Labute approximate surface area is 202 Å². The number of thioether (sulfide) groups is 1. The number of carbonyl (C=O) groups is 1. The number of H-pyrrole nitrogens is 1. The molecular weight excluding hydrogens is 454 g/mol. The molecule has 0 atom stereocenters. The van der Waals surface area contributed by atoms with Crippen LogP contribution in [0.5, 0.6) is 11.5 Å². The molecule has 0 bridgehead atoms. The number of amides is 1. The maximum atomic E-state index is 12.6. The second-order valence-electron chi connectivity index (χ2n) is 8.05. The molecule has 0 saturated carbocycles. The number of nitrogens with one attached hydrogen (secondary N) is 2. The lowest BCUT2D eigenvalue weighted by atomic mass is 10.2. The summed E-state index contributed by atoms with van der Waals surface area (Å²) in [5.74, 6) is 1.19. The van der Waals surface area contributed by atoms with Gasteiger partial charge in [-0.1, -0.05) is 11.8 Å². The normalized spacial score (nSPS) is 14.6. The summed E-state index contributed by atoms with van der Waals surface area (Å²) in [5, 5.41) is 12.6. The van der Waals surface area contributed by atoms with E-state index in [0.29, 0.717) is 40.3 Å². The topological polar surface area (TPSA) is 119 Å². The third-order valence-electron chi connectivity index (χ3n) is 5.64. The number of aromatic nitrogens is 3. The summed E-state index contributed by atoms with van der Waals surface area (Å²) in [6, 6.07) is 7.39. The zero-order valence-electron chi connectivity index (χ0n) is 19.4. The number of fused-ring (bicyclic) bond motifs is 1. The third kappa shape index (κ3) is 5.59. The van der Waals surface area contributed by atoms with Gasteiger partial charge in [-0.25, -0.2) is 9.97 Å². The second-order valence-corrected chi connectivity index (χ2v) is 9.01. The van der Waals surface area contributed by atoms with Crippen molar-refractivity contribution in [3.63, 3.8) is 0 Å². The zero-order chi connectivity index (χ0) is 24.1. The monoisotopic (exact) mass is 481 g/mol. The number of methoxy groups -OCH3 is 1. The molecule has 0 radical (unpaired) electrons. The van der Waals surface area contributed by atoms with Gasteiger partial charge in [0.15, 0.2) is 16.7 Å². The quantitative estimate of drug-likeness (QED) is 0.468. The van der Waals surface area contributed by atoms with E-state index in [-0.39, 0.29) is 11.7 Å². The molecule has 0 spiro atoms. The number of aryl methyl sites for hydroxylation is 1. The first-order valence-corrected chi connectivity index (χ1v) is 11.8. The largest absolute Gasteiger partial charge is 0.493 e. The second kappa shape index (κ2) is 10.7. The number of nitrogens with zero attached hydrogens (tertiary/aromatic N) is 5. The maximum absolute atomic E-state index is 12.6. The van der Waals surface area contributed by atoms with E-state index in [4.69, 9.17) is 14.7 Å². The van der Waals surface area contributed by atoms with Crippen LogP contribution in [0.25, 0.3) is 11.0 Å². The molecule has 1 aliphatic rings. The molecule has 3 heterocycles. The maximum Gasteiger partial charge on any atom is 0.234 e. The Hall–Kier alpha value is -3.33. The van der Waals surface area contributed by atoms with E-state index in [0.717, 1.165) is 37.3 Å². The molecular formula is C23H27N7O3S. The molecule has 1 fully saturated rings. The number of ether oxygens (including phenoxy) is 2. The molecule has 1 aromatic carbocycles. The molecule has 1 amide bonds. The summed E-state index contributed by atoms with van der Waals surface area (Å²) in [4.78, 5) is 28.8. The lowest BCUT2D eigenvalue weighted by molar-refractivity contribution is -0.113. The van der Waals surface area contributed by atoms with Gasteiger partial charge in [-0.2, -0.15) is 5.26 Å². The van der Waals surface area contributed by atoms with E-state index in [1.165, 1.54) is 11.8 Å². The molecule has 10 nitrogen and oxygen atoms in total. The van der Waals surface area contributed by atoms with Crippen molar-refractivity contribution in [2.45, 2.75) is 12.1 Å². The van der Waals surface area contributed by atoms with Gasteiger partial charge in [-0.05, 0) is 26.1 Å². The lowest BCUT2D eigenvalue weighted by Gasteiger charge is -2.32. The third-order valence-corrected chi connectivity index (χ3v) is 6.51. The Balaban J connectivity index is 1.35. The summed E-state index contributed by atoms with van der Waals surface area (Å²) in [6.07, 6.45) is 1.58. The molecule has 11 heteroatoms. The number of carbonyl (C=O) groups excluding carboxylic acids is 1. The molecule has 4 rings (SSSR count). The number of benzene rings is 1. The predicted octanol–water partition coefficient (Wildman–Crippen LogP) is 2.46. The number of imidazole rings is 1. The fraction of sp³-hybridized carbons (Fsp3) is 0.391. The van der Waals surface area contributed by atoms with Gasteiger partial charge in [0.25, 0.3) is 0 Å². The van der Waals surface area contributed by atoms with Crippen LogP contribution in [0.3, 0.4) is 0 Å².